The number of hydrogen-bond donors (Lipinski definition) is 1. The summed E-state index contributed by atoms with van der Waals surface area (Å²) < 4.78 is 6.68. The third-order valence-corrected chi connectivity index (χ3v) is 5.25. The standard InChI is InChI=1S/C22H24N4O3/c1-16(25-11-13-29-14-12-25)15-23-21(27)20-18-9-5-6-10-19(18)22(28)26(24-20)17-7-3-2-4-8-17/h2-10,16H,11-15H2,1H3,(H,23,27). The molecule has 1 N–H and O–H groups in total. The van der Waals surface area contributed by atoms with Crippen molar-refractivity contribution in [2.75, 3.05) is 32.8 Å². The van der Waals surface area contributed by atoms with Gasteiger partial charge < -0.3 is 10.1 Å². The molecule has 29 heavy (non-hydrogen) atoms. The Bertz CT molecular complexity index is 1060. The molecule has 1 saturated heterocycles. The van der Waals surface area contributed by atoms with Crippen LogP contribution in [0.2, 0.25) is 0 Å². The highest BCUT2D eigenvalue weighted by Crippen LogP contribution is 2.15. The molecular formula is C22H24N4O3. The maximum atomic E-state index is 13.0. The molecule has 7 heteroatoms. The van der Waals surface area contributed by atoms with Gasteiger partial charge in [-0.05, 0) is 25.1 Å². The minimum absolute atomic E-state index is 0.189. The second-order valence-electron chi connectivity index (χ2n) is 7.15. The summed E-state index contributed by atoms with van der Waals surface area (Å²) in [6.07, 6.45) is 0. The van der Waals surface area contributed by atoms with Crippen LogP contribution in [0.4, 0.5) is 0 Å². The zero-order chi connectivity index (χ0) is 20.2. The average Bonchev–Trinajstić information content (AvgIpc) is 2.79. The van der Waals surface area contributed by atoms with E-state index in [0.717, 1.165) is 13.1 Å². The zero-order valence-electron chi connectivity index (χ0n) is 16.4. The summed E-state index contributed by atoms with van der Waals surface area (Å²) in [5.74, 6) is -0.286. The lowest BCUT2D eigenvalue weighted by molar-refractivity contribution is 0.0204. The van der Waals surface area contributed by atoms with Gasteiger partial charge in [-0.3, -0.25) is 14.5 Å². The summed E-state index contributed by atoms with van der Waals surface area (Å²) in [5, 5.41) is 8.43. The number of aromatic nitrogens is 2. The normalized spacial score (nSPS) is 15.9. The van der Waals surface area contributed by atoms with E-state index >= 15 is 0 Å². The molecule has 150 valence electrons. The highest BCUT2D eigenvalue weighted by atomic mass is 16.5. The van der Waals surface area contributed by atoms with E-state index in [0.29, 0.717) is 36.2 Å². The van der Waals surface area contributed by atoms with Gasteiger partial charge in [0.05, 0.1) is 24.3 Å². The van der Waals surface area contributed by atoms with Gasteiger partial charge >= 0.3 is 0 Å². The summed E-state index contributed by atoms with van der Waals surface area (Å²) in [6, 6.07) is 16.4. The lowest BCUT2D eigenvalue weighted by atomic mass is 10.1. The number of carbonyl (C=O) groups is 1. The van der Waals surface area contributed by atoms with E-state index in [2.05, 4.69) is 22.2 Å². The van der Waals surface area contributed by atoms with Crippen molar-refractivity contribution in [2.45, 2.75) is 13.0 Å². The van der Waals surface area contributed by atoms with E-state index in [9.17, 15) is 9.59 Å². The Morgan fingerprint density at radius 1 is 1.07 bits per heavy atom. The SMILES string of the molecule is CC(CNC(=O)c1nn(-c2ccccc2)c(=O)c2ccccc12)N1CCOCC1. The van der Waals surface area contributed by atoms with E-state index in [1.165, 1.54) is 4.68 Å². The molecule has 0 spiro atoms. The van der Waals surface area contributed by atoms with Gasteiger partial charge in [0.2, 0.25) is 0 Å². The number of hydrogen-bond acceptors (Lipinski definition) is 5. The molecule has 4 rings (SSSR count). The lowest BCUT2D eigenvalue weighted by Crippen LogP contribution is -2.47. The first kappa shape index (κ1) is 19.3. The molecule has 3 aromatic rings. The van der Waals surface area contributed by atoms with Crippen LogP contribution in [0.5, 0.6) is 0 Å². The highest BCUT2D eigenvalue weighted by molar-refractivity contribution is 6.04. The second kappa shape index (κ2) is 8.55. The first-order valence-electron chi connectivity index (χ1n) is 9.82. The van der Waals surface area contributed by atoms with Crippen LogP contribution < -0.4 is 10.9 Å². The van der Waals surface area contributed by atoms with Crippen LogP contribution in [-0.4, -0.2) is 59.5 Å². The van der Waals surface area contributed by atoms with Crippen LogP contribution in [-0.2, 0) is 4.74 Å². The van der Waals surface area contributed by atoms with E-state index in [1.807, 2.05) is 24.3 Å². The Kier molecular flexibility index (Phi) is 5.69. The number of ether oxygens (including phenoxy) is 1. The molecule has 0 saturated carbocycles. The minimum Gasteiger partial charge on any atom is -0.379 e. The van der Waals surface area contributed by atoms with E-state index < -0.39 is 0 Å². The van der Waals surface area contributed by atoms with Gasteiger partial charge in [0.25, 0.3) is 11.5 Å². The Morgan fingerprint density at radius 3 is 2.45 bits per heavy atom. The van der Waals surface area contributed by atoms with Gasteiger partial charge in [0, 0.05) is 31.1 Å². The van der Waals surface area contributed by atoms with Crippen molar-refractivity contribution in [2.24, 2.45) is 0 Å². The molecule has 7 nitrogen and oxygen atoms in total. The van der Waals surface area contributed by atoms with Gasteiger partial charge in [-0.25, -0.2) is 0 Å². The van der Waals surface area contributed by atoms with Gasteiger partial charge in [0.15, 0.2) is 5.69 Å². The molecule has 0 radical (unpaired) electrons. The minimum atomic E-state index is -0.286. The quantitative estimate of drug-likeness (QED) is 0.717. The van der Waals surface area contributed by atoms with Gasteiger partial charge in [-0.1, -0.05) is 36.4 Å². The highest BCUT2D eigenvalue weighted by Gasteiger charge is 2.20. The number of benzene rings is 2. The molecule has 1 aliphatic rings. The summed E-state index contributed by atoms with van der Waals surface area (Å²) in [6.45, 7) is 5.73. The summed E-state index contributed by atoms with van der Waals surface area (Å²) >= 11 is 0. The van der Waals surface area contributed by atoms with Crippen molar-refractivity contribution in [1.29, 1.82) is 0 Å². The van der Waals surface area contributed by atoms with Crippen molar-refractivity contribution in [3.63, 3.8) is 0 Å². The van der Waals surface area contributed by atoms with Crippen molar-refractivity contribution >= 4 is 16.7 Å². The predicted octanol–water partition coefficient (Wildman–Crippen LogP) is 1.84. The number of amides is 1. The Morgan fingerprint density at radius 2 is 1.72 bits per heavy atom. The van der Waals surface area contributed by atoms with Gasteiger partial charge in [-0.2, -0.15) is 9.78 Å². The molecule has 2 heterocycles. The van der Waals surface area contributed by atoms with Crippen LogP contribution in [0, 0.1) is 0 Å². The zero-order valence-corrected chi connectivity index (χ0v) is 16.4. The molecule has 1 fully saturated rings. The molecule has 1 atom stereocenters. The van der Waals surface area contributed by atoms with E-state index in [4.69, 9.17) is 4.74 Å². The summed E-state index contributed by atoms with van der Waals surface area (Å²) in [5.41, 5.74) is 0.627. The van der Waals surface area contributed by atoms with Crippen LogP contribution in [0.15, 0.2) is 59.4 Å². The van der Waals surface area contributed by atoms with Crippen LogP contribution in [0.3, 0.4) is 0 Å². The molecule has 0 aliphatic carbocycles. The average molecular weight is 392 g/mol. The molecule has 1 aliphatic heterocycles. The van der Waals surface area contributed by atoms with Crippen molar-refractivity contribution < 1.29 is 9.53 Å². The lowest BCUT2D eigenvalue weighted by Gasteiger charge is -2.32. The second-order valence-corrected chi connectivity index (χ2v) is 7.15. The third kappa shape index (κ3) is 4.06. The maximum Gasteiger partial charge on any atom is 0.279 e. The number of carbonyl (C=O) groups excluding carboxylic acids is 1. The Hall–Kier alpha value is -3.03. The smallest absolute Gasteiger partial charge is 0.279 e. The monoisotopic (exact) mass is 392 g/mol. The summed E-state index contributed by atoms with van der Waals surface area (Å²) in [4.78, 5) is 28.2. The summed E-state index contributed by atoms with van der Waals surface area (Å²) in [7, 11) is 0. The van der Waals surface area contributed by atoms with Crippen molar-refractivity contribution in [3.05, 3.63) is 70.6 Å². The molecule has 1 unspecified atom stereocenters. The fourth-order valence-electron chi connectivity index (χ4n) is 3.57. The van der Waals surface area contributed by atoms with E-state index in [-0.39, 0.29) is 23.2 Å². The number of para-hydroxylation sites is 1. The Labute approximate surface area is 168 Å². The number of rotatable bonds is 5. The van der Waals surface area contributed by atoms with Gasteiger partial charge in [0.1, 0.15) is 0 Å². The van der Waals surface area contributed by atoms with Crippen molar-refractivity contribution in [1.82, 2.24) is 20.0 Å². The van der Waals surface area contributed by atoms with Crippen LogP contribution in [0.1, 0.15) is 17.4 Å². The van der Waals surface area contributed by atoms with E-state index in [1.54, 1.807) is 30.3 Å². The third-order valence-electron chi connectivity index (χ3n) is 5.25. The van der Waals surface area contributed by atoms with Crippen molar-refractivity contribution in [3.8, 4) is 5.69 Å². The predicted molar refractivity (Wildman–Crippen MR) is 112 cm³/mol. The molecular weight excluding hydrogens is 368 g/mol. The fraction of sp³-hybridized carbons (Fsp3) is 0.318. The number of fused-ring (bicyclic) bond motifs is 1. The van der Waals surface area contributed by atoms with Gasteiger partial charge in [-0.15, -0.1) is 0 Å². The molecule has 0 bridgehead atoms. The first-order valence-corrected chi connectivity index (χ1v) is 9.82. The number of nitrogens with zero attached hydrogens (tertiary/aromatic N) is 3. The largest absolute Gasteiger partial charge is 0.379 e. The van der Waals surface area contributed by atoms with Crippen LogP contribution in [0.25, 0.3) is 16.5 Å². The molecule has 2 aromatic carbocycles. The Balaban J connectivity index is 1.64. The topological polar surface area (TPSA) is 76.5 Å². The molecule has 1 amide bonds. The molecule has 1 aromatic heterocycles. The first-order chi connectivity index (χ1) is 14.1. The van der Waals surface area contributed by atoms with Crippen LogP contribution >= 0.6 is 0 Å². The fourth-order valence-corrected chi connectivity index (χ4v) is 3.57. The maximum absolute atomic E-state index is 13.0. The number of nitrogens with one attached hydrogen (secondary N) is 1. The number of morpholine rings is 1.